The molecule has 0 atom stereocenters. The monoisotopic (exact) mass is 505 g/mol. The molecule has 1 aromatic heterocycles. The van der Waals surface area contributed by atoms with Gasteiger partial charge in [-0.2, -0.15) is 0 Å². The zero-order valence-electron chi connectivity index (χ0n) is 21.0. The number of nitrogens with zero attached hydrogens (tertiary/aromatic N) is 1. The number of benzene rings is 4. The summed E-state index contributed by atoms with van der Waals surface area (Å²) in [5.41, 5.74) is 4.31. The molecule has 5 aromatic rings. The van der Waals surface area contributed by atoms with Gasteiger partial charge in [-0.1, -0.05) is 66.7 Å². The Kier molecular flexibility index (Phi) is 7.50. The first-order chi connectivity index (χ1) is 18.5. The van der Waals surface area contributed by atoms with E-state index in [2.05, 4.69) is 4.98 Å². The fraction of sp³-hybridized carbons (Fsp3) is 0.125. The van der Waals surface area contributed by atoms with Gasteiger partial charge in [0.1, 0.15) is 42.6 Å². The molecule has 6 heteroatoms. The first kappa shape index (κ1) is 24.8. The van der Waals surface area contributed by atoms with Crippen molar-refractivity contribution in [3.8, 4) is 17.2 Å². The molecule has 0 saturated carbocycles. The van der Waals surface area contributed by atoms with Crippen LogP contribution < -0.4 is 14.2 Å². The Morgan fingerprint density at radius 3 is 2.29 bits per heavy atom. The summed E-state index contributed by atoms with van der Waals surface area (Å²) < 4.78 is 17.9. The van der Waals surface area contributed by atoms with Crippen LogP contribution in [0, 0.1) is 6.92 Å². The molecule has 0 aliphatic heterocycles. The zero-order valence-corrected chi connectivity index (χ0v) is 21.0. The number of carboxylic acid groups (broad SMARTS) is 1. The average Bonchev–Trinajstić information content (AvgIpc) is 2.94. The molecule has 0 radical (unpaired) electrons. The minimum atomic E-state index is -1.05. The fourth-order valence-corrected chi connectivity index (χ4v) is 4.17. The summed E-state index contributed by atoms with van der Waals surface area (Å²) in [7, 11) is 0. The van der Waals surface area contributed by atoms with Crippen molar-refractivity contribution in [3.05, 3.63) is 131 Å². The highest BCUT2D eigenvalue weighted by Crippen LogP contribution is 2.30. The molecule has 0 amide bonds. The summed E-state index contributed by atoms with van der Waals surface area (Å²) in [6, 6.07) is 32.6. The minimum absolute atomic E-state index is 0.117. The van der Waals surface area contributed by atoms with Crippen molar-refractivity contribution >= 4 is 16.9 Å². The van der Waals surface area contributed by atoms with Crippen molar-refractivity contribution in [2.75, 3.05) is 0 Å². The first-order valence-electron chi connectivity index (χ1n) is 12.3. The van der Waals surface area contributed by atoms with Crippen molar-refractivity contribution < 1.29 is 24.1 Å². The van der Waals surface area contributed by atoms with E-state index in [1.165, 1.54) is 0 Å². The molecule has 0 bridgehead atoms. The summed E-state index contributed by atoms with van der Waals surface area (Å²) >= 11 is 0. The molecule has 0 aliphatic rings. The first-order valence-corrected chi connectivity index (χ1v) is 12.3. The molecular weight excluding hydrogens is 478 g/mol. The standard InChI is InChI=1S/C32H27NO5/c1-22-16-28(36-19-23-8-3-2-4-9-23)18-30(31(22)32(34)35)38-20-24-10-7-12-27(17-24)37-21-26-15-14-25-11-5-6-13-29(25)33-26/h2-18H,19-21H2,1H3,(H,34,35). The lowest BCUT2D eigenvalue weighted by atomic mass is 10.1. The number of ether oxygens (including phenoxy) is 3. The third kappa shape index (κ3) is 6.10. The van der Waals surface area contributed by atoms with Crippen LogP contribution in [-0.4, -0.2) is 16.1 Å². The van der Waals surface area contributed by atoms with Gasteiger partial charge in [-0.05, 0) is 53.9 Å². The number of fused-ring (bicyclic) bond motifs is 1. The van der Waals surface area contributed by atoms with Crippen molar-refractivity contribution in [2.45, 2.75) is 26.7 Å². The Bertz CT molecular complexity index is 1570. The number of aryl methyl sites for hydroxylation is 1. The fourth-order valence-electron chi connectivity index (χ4n) is 4.17. The Hall–Kier alpha value is -4.84. The van der Waals surface area contributed by atoms with E-state index in [9.17, 15) is 9.90 Å². The van der Waals surface area contributed by atoms with E-state index in [-0.39, 0.29) is 17.9 Å². The van der Waals surface area contributed by atoms with Crippen molar-refractivity contribution in [1.29, 1.82) is 0 Å². The molecule has 38 heavy (non-hydrogen) atoms. The van der Waals surface area contributed by atoms with Crippen LogP contribution in [0.2, 0.25) is 0 Å². The van der Waals surface area contributed by atoms with Crippen LogP contribution in [0.1, 0.15) is 32.7 Å². The van der Waals surface area contributed by atoms with Crippen LogP contribution in [-0.2, 0) is 19.8 Å². The Labute approximate surface area is 221 Å². The van der Waals surface area contributed by atoms with Crippen LogP contribution in [0.3, 0.4) is 0 Å². The van der Waals surface area contributed by atoms with Crippen LogP contribution in [0.15, 0.2) is 103 Å². The number of hydrogen-bond acceptors (Lipinski definition) is 5. The molecule has 4 aromatic carbocycles. The van der Waals surface area contributed by atoms with Gasteiger partial charge < -0.3 is 19.3 Å². The second-order valence-corrected chi connectivity index (χ2v) is 8.91. The molecule has 0 unspecified atom stereocenters. The van der Waals surface area contributed by atoms with E-state index in [0.29, 0.717) is 30.3 Å². The molecular formula is C32H27NO5. The Morgan fingerprint density at radius 1 is 0.711 bits per heavy atom. The number of carboxylic acids is 1. The molecule has 0 fully saturated rings. The van der Waals surface area contributed by atoms with E-state index in [4.69, 9.17) is 14.2 Å². The lowest BCUT2D eigenvalue weighted by molar-refractivity contribution is 0.0690. The van der Waals surface area contributed by atoms with E-state index >= 15 is 0 Å². The average molecular weight is 506 g/mol. The van der Waals surface area contributed by atoms with Crippen LogP contribution >= 0.6 is 0 Å². The summed E-state index contributed by atoms with van der Waals surface area (Å²) in [5.74, 6) is 0.432. The molecule has 6 nitrogen and oxygen atoms in total. The number of para-hydroxylation sites is 1. The van der Waals surface area contributed by atoms with E-state index in [0.717, 1.165) is 27.7 Å². The third-order valence-corrected chi connectivity index (χ3v) is 6.07. The molecule has 1 heterocycles. The molecule has 0 aliphatic carbocycles. The van der Waals surface area contributed by atoms with Gasteiger partial charge in [-0.25, -0.2) is 9.78 Å². The van der Waals surface area contributed by atoms with Gasteiger partial charge in [0.2, 0.25) is 0 Å². The maximum Gasteiger partial charge on any atom is 0.339 e. The van der Waals surface area contributed by atoms with Gasteiger partial charge in [-0.15, -0.1) is 0 Å². The van der Waals surface area contributed by atoms with Crippen molar-refractivity contribution in [2.24, 2.45) is 0 Å². The second-order valence-electron chi connectivity index (χ2n) is 8.91. The molecule has 0 saturated heterocycles. The predicted octanol–water partition coefficient (Wildman–Crippen LogP) is 6.98. The lowest BCUT2D eigenvalue weighted by Crippen LogP contribution is -2.07. The van der Waals surface area contributed by atoms with Gasteiger partial charge in [0, 0.05) is 11.5 Å². The van der Waals surface area contributed by atoms with Crippen LogP contribution in [0.4, 0.5) is 0 Å². The second kappa shape index (κ2) is 11.5. The van der Waals surface area contributed by atoms with Crippen LogP contribution in [0.5, 0.6) is 17.2 Å². The Morgan fingerprint density at radius 2 is 1.45 bits per heavy atom. The van der Waals surface area contributed by atoms with E-state index < -0.39 is 5.97 Å². The SMILES string of the molecule is Cc1cc(OCc2ccccc2)cc(OCc2cccc(OCc3ccc4ccccc4n3)c2)c1C(=O)O. The minimum Gasteiger partial charge on any atom is -0.489 e. The number of hydrogen-bond donors (Lipinski definition) is 1. The molecule has 5 rings (SSSR count). The number of pyridine rings is 1. The quantitative estimate of drug-likeness (QED) is 0.221. The number of rotatable bonds is 10. The normalized spacial score (nSPS) is 10.8. The summed E-state index contributed by atoms with van der Waals surface area (Å²) in [4.78, 5) is 16.6. The highest BCUT2D eigenvalue weighted by atomic mass is 16.5. The Balaban J connectivity index is 1.26. The largest absolute Gasteiger partial charge is 0.489 e. The lowest BCUT2D eigenvalue weighted by Gasteiger charge is -2.15. The topological polar surface area (TPSA) is 77.9 Å². The number of aromatic carboxylic acids is 1. The molecule has 1 N–H and O–H groups in total. The maximum atomic E-state index is 12.0. The number of carbonyl (C=O) groups is 1. The van der Waals surface area contributed by atoms with Gasteiger partial charge in [0.15, 0.2) is 0 Å². The number of aromatic nitrogens is 1. The highest BCUT2D eigenvalue weighted by molar-refractivity contribution is 5.93. The summed E-state index contributed by atoms with van der Waals surface area (Å²) in [5, 5.41) is 10.9. The maximum absolute atomic E-state index is 12.0. The molecule has 190 valence electrons. The third-order valence-electron chi connectivity index (χ3n) is 6.07. The van der Waals surface area contributed by atoms with Crippen LogP contribution in [0.25, 0.3) is 10.9 Å². The van der Waals surface area contributed by atoms with Gasteiger partial charge in [0.05, 0.1) is 11.2 Å². The predicted molar refractivity (Wildman–Crippen MR) is 146 cm³/mol. The zero-order chi connectivity index (χ0) is 26.3. The van der Waals surface area contributed by atoms with Gasteiger partial charge in [0.25, 0.3) is 0 Å². The van der Waals surface area contributed by atoms with Crippen molar-refractivity contribution in [1.82, 2.24) is 4.98 Å². The van der Waals surface area contributed by atoms with Gasteiger partial charge in [-0.3, -0.25) is 0 Å². The van der Waals surface area contributed by atoms with E-state index in [1.807, 2.05) is 91.0 Å². The highest BCUT2D eigenvalue weighted by Gasteiger charge is 2.17. The summed E-state index contributed by atoms with van der Waals surface area (Å²) in [6.45, 7) is 2.62. The van der Waals surface area contributed by atoms with E-state index in [1.54, 1.807) is 19.1 Å². The van der Waals surface area contributed by atoms with Crippen molar-refractivity contribution in [3.63, 3.8) is 0 Å². The smallest absolute Gasteiger partial charge is 0.339 e. The summed E-state index contributed by atoms with van der Waals surface area (Å²) in [6.07, 6.45) is 0. The van der Waals surface area contributed by atoms with Gasteiger partial charge >= 0.3 is 5.97 Å². The molecule has 0 spiro atoms.